The van der Waals surface area contributed by atoms with E-state index in [1.807, 2.05) is 4.90 Å². The summed E-state index contributed by atoms with van der Waals surface area (Å²) >= 11 is 0. The van der Waals surface area contributed by atoms with Gasteiger partial charge in [-0.2, -0.15) is 0 Å². The van der Waals surface area contributed by atoms with Crippen LogP contribution in [0.4, 0.5) is 10.1 Å². The molecular weight excluding hydrogens is 209 g/mol. The Bertz CT molecular complexity index is 400. The molecule has 0 bridgehead atoms. The molecule has 86 valence electrons. The Kier molecular flexibility index (Phi) is 3.08. The summed E-state index contributed by atoms with van der Waals surface area (Å²) in [4.78, 5) is 13.0. The standard InChI is InChI=1S/C12H14FNO2/c13-9-4-5-11(10(8-9)12(15)16)14-6-2-1-3-7-14/h4-5,8H,1-3,6-7H2,(H,15,16). The van der Waals surface area contributed by atoms with Crippen LogP contribution in [0.5, 0.6) is 0 Å². The number of aromatic carboxylic acids is 1. The third-order valence-corrected chi connectivity index (χ3v) is 2.89. The molecule has 1 aliphatic heterocycles. The molecule has 0 saturated carbocycles. The van der Waals surface area contributed by atoms with Crippen molar-refractivity contribution in [1.82, 2.24) is 0 Å². The fourth-order valence-corrected chi connectivity index (χ4v) is 2.09. The molecule has 0 atom stereocenters. The first-order valence-electron chi connectivity index (χ1n) is 5.46. The number of nitrogens with zero attached hydrogens (tertiary/aromatic N) is 1. The maximum Gasteiger partial charge on any atom is 0.337 e. The highest BCUT2D eigenvalue weighted by Gasteiger charge is 2.18. The second-order valence-electron chi connectivity index (χ2n) is 4.01. The maximum absolute atomic E-state index is 13.0. The predicted molar refractivity (Wildman–Crippen MR) is 59.4 cm³/mol. The first-order valence-corrected chi connectivity index (χ1v) is 5.46. The highest BCUT2D eigenvalue weighted by atomic mass is 19.1. The normalized spacial score (nSPS) is 16.2. The molecule has 1 N–H and O–H groups in total. The van der Waals surface area contributed by atoms with E-state index in [0.717, 1.165) is 32.0 Å². The molecule has 1 saturated heterocycles. The van der Waals surface area contributed by atoms with Crippen LogP contribution in [-0.4, -0.2) is 24.2 Å². The zero-order valence-corrected chi connectivity index (χ0v) is 8.95. The number of hydrogen-bond acceptors (Lipinski definition) is 2. The van der Waals surface area contributed by atoms with E-state index >= 15 is 0 Å². The van der Waals surface area contributed by atoms with Crippen molar-refractivity contribution in [1.29, 1.82) is 0 Å². The Morgan fingerprint density at radius 1 is 1.25 bits per heavy atom. The van der Waals surface area contributed by atoms with Crippen LogP contribution in [0.1, 0.15) is 29.6 Å². The third-order valence-electron chi connectivity index (χ3n) is 2.89. The van der Waals surface area contributed by atoms with Crippen LogP contribution >= 0.6 is 0 Å². The smallest absolute Gasteiger partial charge is 0.337 e. The van der Waals surface area contributed by atoms with Crippen LogP contribution in [0.2, 0.25) is 0 Å². The Morgan fingerprint density at radius 2 is 1.94 bits per heavy atom. The number of carbonyl (C=O) groups is 1. The van der Waals surface area contributed by atoms with Crippen LogP contribution in [0.3, 0.4) is 0 Å². The van der Waals surface area contributed by atoms with Crippen molar-refractivity contribution in [3.05, 3.63) is 29.6 Å². The maximum atomic E-state index is 13.0. The summed E-state index contributed by atoms with van der Waals surface area (Å²) in [5.74, 6) is -1.57. The first-order chi connectivity index (χ1) is 7.68. The third kappa shape index (κ3) is 2.15. The van der Waals surface area contributed by atoms with Gasteiger partial charge in [0.15, 0.2) is 0 Å². The SMILES string of the molecule is O=C(O)c1cc(F)ccc1N1CCCCC1. The monoisotopic (exact) mass is 223 g/mol. The molecule has 1 aromatic rings. The Labute approximate surface area is 93.5 Å². The molecule has 1 aromatic carbocycles. The fraction of sp³-hybridized carbons (Fsp3) is 0.417. The predicted octanol–water partition coefficient (Wildman–Crippen LogP) is 2.51. The van der Waals surface area contributed by atoms with Gasteiger partial charge in [-0.3, -0.25) is 0 Å². The number of anilines is 1. The lowest BCUT2D eigenvalue weighted by Crippen LogP contribution is -2.30. The van der Waals surface area contributed by atoms with Gasteiger partial charge in [0.1, 0.15) is 5.82 Å². The van der Waals surface area contributed by atoms with Crippen molar-refractivity contribution >= 4 is 11.7 Å². The zero-order chi connectivity index (χ0) is 11.5. The van der Waals surface area contributed by atoms with Gasteiger partial charge in [-0.05, 0) is 37.5 Å². The number of piperidine rings is 1. The molecule has 1 aliphatic rings. The highest BCUT2D eigenvalue weighted by molar-refractivity contribution is 5.94. The molecule has 0 aliphatic carbocycles. The van der Waals surface area contributed by atoms with E-state index < -0.39 is 11.8 Å². The van der Waals surface area contributed by atoms with Gasteiger partial charge < -0.3 is 10.0 Å². The number of halogens is 1. The summed E-state index contributed by atoms with van der Waals surface area (Å²) in [5.41, 5.74) is 0.690. The molecule has 0 amide bonds. The highest BCUT2D eigenvalue weighted by Crippen LogP contribution is 2.25. The van der Waals surface area contributed by atoms with E-state index in [2.05, 4.69) is 0 Å². The lowest BCUT2D eigenvalue weighted by Gasteiger charge is -2.29. The first kappa shape index (κ1) is 10.9. The van der Waals surface area contributed by atoms with E-state index in [4.69, 9.17) is 5.11 Å². The molecule has 2 rings (SSSR count). The number of rotatable bonds is 2. The van der Waals surface area contributed by atoms with Gasteiger partial charge in [-0.25, -0.2) is 9.18 Å². The number of benzene rings is 1. The second kappa shape index (κ2) is 4.51. The molecule has 3 nitrogen and oxygen atoms in total. The van der Waals surface area contributed by atoms with Crippen molar-refractivity contribution in [3.8, 4) is 0 Å². The topological polar surface area (TPSA) is 40.5 Å². The molecule has 0 unspecified atom stereocenters. The number of carboxylic acid groups (broad SMARTS) is 1. The van der Waals surface area contributed by atoms with Crippen LogP contribution in [0, 0.1) is 5.82 Å². The van der Waals surface area contributed by atoms with Crippen LogP contribution in [0.25, 0.3) is 0 Å². The summed E-state index contributed by atoms with van der Waals surface area (Å²) in [5, 5.41) is 9.03. The Hall–Kier alpha value is -1.58. The molecule has 1 fully saturated rings. The lowest BCUT2D eigenvalue weighted by atomic mass is 10.1. The van der Waals surface area contributed by atoms with Crippen molar-refractivity contribution in [3.63, 3.8) is 0 Å². The van der Waals surface area contributed by atoms with Gasteiger partial charge in [0.2, 0.25) is 0 Å². The summed E-state index contributed by atoms with van der Waals surface area (Å²) in [6.07, 6.45) is 3.31. The van der Waals surface area contributed by atoms with Gasteiger partial charge in [-0.1, -0.05) is 0 Å². The van der Waals surface area contributed by atoms with Crippen molar-refractivity contribution in [2.24, 2.45) is 0 Å². The molecule has 4 heteroatoms. The van der Waals surface area contributed by atoms with Gasteiger partial charge in [0, 0.05) is 13.1 Å². The minimum Gasteiger partial charge on any atom is -0.478 e. The summed E-state index contributed by atoms with van der Waals surface area (Å²) in [6, 6.07) is 3.97. The number of hydrogen-bond donors (Lipinski definition) is 1. The minimum atomic E-state index is -1.07. The summed E-state index contributed by atoms with van der Waals surface area (Å²) in [6.45, 7) is 1.71. The van der Waals surface area contributed by atoms with Crippen molar-refractivity contribution in [2.75, 3.05) is 18.0 Å². The van der Waals surface area contributed by atoms with Crippen molar-refractivity contribution in [2.45, 2.75) is 19.3 Å². The molecule has 16 heavy (non-hydrogen) atoms. The zero-order valence-electron chi connectivity index (χ0n) is 8.95. The lowest BCUT2D eigenvalue weighted by molar-refractivity contribution is 0.0697. The minimum absolute atomic E-state index is 0.0573. The number of carboxylic acids is 1. The van der Waals surface area contributed by atoms with Crippen LogP contribution in [-0.2, 0) is 0 Å². The van der Waals surface area contributed by atoms with Gasteiger partial charge in [-0.15, -0.1) is 0 Å². The second-order valence-corrected chi connectivity index (χ2v) is 4.01. The van der Waals surface area contributed by atoms with Gasteiger partial charge >= 0.3 is 5.97 Å². The molecule has 0 radical (unpaired) electrons. The van der Waals surface area contributed by atoms with Crippen LogP contribution < -0.4 is 4.90 Å². The van der Waals surface area contributed by atoms with Crippen LogP contribution in [0.15, 0.2) is 18.2 Å². The molecule has 0 spiro atoms. The average molecular weight is 223 g/mol. The van der Waals surface area contributed by atoms with E-state index in [1.165, 1.54) is 12.5 Å². The van der Waals surface area contributed by atoms with E-state index in [1.54, 1.807) is 6.07 Å². The molecule has 0 aromatic heterocycles. The van der Waals surface area contributed by atoms with Crippen molar-refractivity contribution < 1.29 is 14.3 Å². The van der Waals surface area contributed by atoms with Gasteiger partial charge in [0.05, 0.1) is 11.3 Å². The van der Waals surface area contributed by atoms with Gasteiger partial charge in [0.25, 0.3) is 0 Å². The molecular formula is C12H14FNO2. The quantitative estimate of drug-likeness (QED) is 0.837. The fourth-order valence-electron chi connectivity index (χ4n) is 2.09. The summed E-state index contributed by atoms with van der Waals surface area (Å²) < 4.78 is 13.0. The largest absolute Gasteiger partial charge is 0.478 e. The van der Waals surface area contributed by atoms with E-state index in [0.29, 0.717) is 5.69 Å². The summed E-state index contributed by atoms with van der Waals surface area (Å²) in [7, 11) is 0. The Morgan fingerprint density at radius 3 is 2.56 bits per heavy atom. The Balaban J connectivity index is 2.34. The molecule has 1 heterocycles. The average Bonchev–Trinajstić information content (AvgIpc) is 2.30. The van der Waals surface area contributed by atoms with E-state index in [9.17, 15) is 9.18 Å². The van der Waals surface area contributed by atoms with E-state index in [-0.39, 0.29) is 5.56 Å².